The summed E-state index contributed by atoms with van der Waals surface area (Å²) in [5.74, 6) is 1.74. The van der Waals surface area contributed by atoms with Gasteiger partial charge >= 0.3 is 0 Å². The summed E-state index contributed by atoms with van der Waals surface area (Å²) < 4.78 is 5.39. The predicted molar refractivity (Wildman–Crippen MR) is 103 cm³/mol. The second kappa shape index (κ2) is 7.84. The molecular weight excluding hydrogens is 342 g/mol. The van der Waals surface area contributed by atoms with Gasteiger partial charge in [-0.3, -0.25) is 0 Å². The number of aryl methyl sites for hydroxylation is 1. The Balaban J connectivity index is 1.92. The van der Waals surface area contributed by atoms with E-state index in [1.807, 2.05) is 12.1 Å². The molecule has 3 aromatic rings. The first-order valence-electron chi connectivity index (χ1n) is 9.07. The van der Waals surface area contributed by atoms with Gasteiger partial charge in [0.05, 0.1) is 5.41 Å². The van der Waals surface area contributed by atoms with Crippen molar-refractivity contribution in [3.63, 3.8) is 0 Å². The third-order valence-corrected chi connectivity index (χ3v) is 5.13. The number of nitrogen functional groups attached to an aromatic ring is 1. The van der Waals surface area contributed by atoms with Gasteiger partial charge in [0, 0.05) is 31.0 Å². The van der Waals surface area contributed by atoms with E-state index in [1.165, 1.54) is 0 Å². The molecule has 0 amide bonds. The molecule has 3 rings (SSSR count). The Labute approximate surface area is 158 Å². The molecule has 1 unspecified atom stereocenters. The van der Waals surface area contributed by atoms with Crippen molar-refractivity contribution in [2.24, 2.45) is 5.92 Å². The van der Waals surface area contributed by atoms with Gasteiger partial charge in [-0.1, -0.05) is 43.3 Å². The SMILES string of the molecule is CC(C)C(C)(c1ccc(-c2cnc(N)nc2)cc1)c1noc(CCCO)n1. The third-order valence-electron chi connectivity index (χ3n) is 5.13. The van der Waals surface area contributed by atoms with Crippen molar-refractivity contribution in [1.82, 2.24) is 20.1 Å². The molecule has 2 aromatic heterocycles. The molecule has 0 aliphatic heterocycles. The Morgan fingerprint density at radius 2 is 1.78 bits per heavy atom. The fourth-order valence-electron chi connectivity index (χ4n) is 3.01. The molecule has 0 saturated heterocycles. The Bertz CT molecular complexity index is 874. The number of nitrogens with zero attached hydrogens (tertiary/aromatic N) is 4. The largest absolute Gasteiger partial charge is 0.396 e. The number of hydrogen-bond acceptors (Lipinski definition) is 7. The maximum Gasteiger partial charge on any atom is 0.226 e. The highest BCUT2D eigenvalue weighted by atomic mass is 16.5. The average molecular weight is 367 g/mol. The van der Waals surface area contributed by atoms with Crippen LogP contribution in [0.2, 0.25) is 0 Å². The molecule has 2 heterocycles. The molecule has 0 saturated carbocycles. The van der Waals surface area contributed by atoms with Crippen LogP contribution in [0.25, 0.3) is 11.1 Å². The smallest absolute Gasteiger partial charge is 0.226 e. The highest BCUT2D eigenvalue weighted by molar-refractivity contribution is 5.62. The topological polar surface area (TPSA) is 111 Å². The molecule has 3 N–H and O–H groups in total. The third kappa shape index (κ3) is 3.83. The number of anilines is 1. The van der Waals surface area contributed by atoms with Gasteiger partial charge in [-0.15, -0.1) is 0 Å². The molecule has 0 aliphatic carbocycles. The lowest BCUT2D eigenvalue weighted by Crippen LogP contribution is -2.31. The van der Waals surface area contributed by atoms with Crippen LogP contribution in [0, 0.1) is 5.92 Å². The Morgan fingerprint density at radius 3 is 2.37 bits per heavy atom. The lowest BCUT2D eigenvalue weighted by Gasteiger charge is -2.31. The maximum absolute atomic E-state index is 8.99. The van der Waals surface area contributed by atoms with E-state index < -0.39 is 5.41 Å². The van der Waals surface area contributed by atoms with Gasteiger partial charge < -0.3 is 15.4 Å². The first-order chi connectivity index (χ1) is 12.9. The zero-order valence-corrected chi connectivity index (χ0v) is 15.9. The quantitative estimate of drug-likeness (QED) is 0.660. The van der Waals surface area contributed by atoms with Crippen molar-refractivity contribution in [3.05, 3.63) is 53.9 Å². The molecule has 27 heavy (non-hydrogen) atoms. The van der Waals surface area contributed by atoms with Crippen LogP contribution < -0.4 is 5.73 Å². The Kier molecular flexibility index (Phi) is 5.51. The predicted octanol–water partition coefficient (Wildman–Crippen LogP) is 3.00. The van der Waals surface area contributed by atoms with E-state index in [1.54, 1.807) is 12.4 Å². The van der Waals surface area contributed by atoms with Crippen molar-refractivity contribution >= 4 is 5.95 Å². The molecule has 7 nitrogen and oxygen atoms in total. The van der Waals surface area contributed by atoms with Gasteiger partial charge in [0.1, 0.15) is 0 Å². The molecule has 0 aliphatic rings. The molecule has 1 atom stereocenters. The number of benzene rings is 1. The van der Waals surface area contributed by atoms with Gasteiger partial charge in [0.15, 0.2) is 5.82 Å². The van der Waals surface area contributed by atoms with Gasteiger partial charge in [-0.05, 0) is 30.4 Å². The molecule has 142 valence electrons. The first-order valence-corrected chi connectivity index (χ1v) is 9.07. The van der Waals surface area contributed by atoms with E-state index in [-0.39, 0.29) is 18.5 Å². The van der Waals surface area contributed by atoms with Crippen LogP contribution in [0.3, 0.4) is 0 Å². The van der Waals surface area contributed by atoms with Crippen LogP contribution in [0.1, 0.15) is 44.5 Å². The minimum atomic E-state index is -0.392. The second-order valence-corrected chi connectivity index (χ2v) is 7.10. The zero-order valence-electron chi connectivity index (χ0n) is 15.9. The number of aliphatic hydroxyl groups is 1. The molecule has 0 spiro atoms. The summed E-state index contributed by atoms with van der Waals surface area (Å²) in [4.78, 5) is 12.7. The van der Waals surface area contributed by atoms with E-state index in [4.69, 9.17) is 15.4 Å². The van der Waals surface area contributed by atoms with Gasteiger partial charge in [0.25, 0.3) is 0 Å². The minimum Gasteiger partial charge on any atom is -0.396 e. The zero-order chi connectivity index (χ0) is 19.4. The normalized spacial score (nSPS) is 13.7. The lowest BCUT2D eigenvalue weighted by atomic mass is 9.72. The van der Waals surface area contributed by atoms with E-state index >= 15 is 0 Å². The Morgan fingerprint density at radius 1 is 1.11 bits per heavy atom. The first kappa shape index (κ1) is 19.0. The fourth-order valence-corrected chi connectivity index (χ4v) is 3.01. The van der Waals surface area contributed by atoms with Crippen molar-refractivity contribution in [2.75, 3.05) is 12.3 Å². The van der Waals surface area contributed by atoms with E-state index in [0.29, 0.717) is 24.6 Å². The van der Waals surface area contributed by atoms with Crippen LogP contribution in [0.4, 0.5) is 5.95 Å². The van der Waals surface area contributed by atoms with Crippen LogP contribution in [0.5, 0.6) is 0 Å². The number of nitrogens with two attached hydrogens (primary N) is 1. The molecule has 1 aromatic carbocycles. The van der Waals surface area contributed by atoms with Gasteiger partial charge in [0.2, 0.25) is 11.8 Å². The molecule has 0 bridgehead atoms. The number of aliphatic hydroxyl groups excluding tert-OH is 1. The van der Waals surface area contributed by atoms with Crippen LogP contribution >= 0.6 is 0 Å². The van der Waals surface area contributed by atoms with Crippen molar-refractivity contribution in [3.8, 4) is 11.1 Å². The van der Waals surface area contributed by atoms with Crippen LogP contribution in [-0.2, 0) is 11.8 Å². The average Bonchev–Trinajstić information content (AvgIpc) is 3.15. The van der Waals surface area contributed by atoms with Crippen LogP contribution in [0.15, 0.2) is 41.2 Å². The standard InChI is InChI=1S/C20H25N5O2/c1-13(2)20(3,18-24-17(27-25-18)5-4-10-26)16-8-6-14(7-9-16)15-11-22-19(21)23-12-15/h6-9,11-13,26H,4-5,10H2,1-3H3,(H2,21,22,23). The van der Waals surface area contributed by atoms with E-state index in [0.717, 1.165) is 16.7 Å². The summed E-state index contributed by atoms with van der Waals surface area (Å²) in [7, 11) is 0. The van der Waals surface area contributed by atoms with E-state index in [2.05, 4.69) is 53.0 Å². The number of rotatable bonds is 7. The minimum absolute atomic E-state index is 0.107. The molecule has 0 radical (unpaired) electrons. The highest BCUT2D eigenvalue weighted by Gasteiger charge is 2.37. The highest BCUT2D eigenvalue weighted by Crippen LogP contribution is 2.38. The number of aromatic nitrogens is 4. The summed E-state index contributed by atoms with van der Waals surface area (Å²) in [6.45, 7) is 6.52. The summed E-state index contributed by atoms with van der Waals surface area (Å²) in [6, 6.07) is 8.24. The number of hydrogen-bond donors (Lipinski definition) is 2. The molecular formula is C20H25N5O2. The van der Waals surface area contributed by atoms with E-state index in [9.17, 15) is 0 Å². The summed E-state index contributed by atoms with van der Waals surface area (Å²) in [6.07, 6.45) is 4.61. The summed E-state index contributed by atoms with van der Waals surface area (Å²) >= 11 is 0. The second-order valence-electron chi connectivity index (χ2n) is 7.10. The monoisotopic (exact) mass is 367 g/mol. The van der Waals surface area contributed by atoms with Gasteiger partial charge in [-0.2, -0.15) is 4.98 Å². The van der Waals surface area contributed by atoms with Crippen LogP contribution in [-0.4, -0.2) is 31.8 Å². The summed E-state index contributed by atoms with van der Waals surface area (Å²) in [5, 5.41) is 13.2. The Hall–Kier alpha value is -2.80. The van der Waals surface area contributed by atoms with Crippen molar-refractivity contribution in [1.29, 1.82) is 0 Å². The van der Waals surface area contributed by atoms with Crippen molar-refractivity contribution in [2.45, 2.75) is 39.0 Å². The summed E-state index contributed by atoms with van der Waals surface area (Å²) in [5.41, 5.74) is 8.19. The molecule has 0 fully saturated rings. The molecule has 7 heteroatoms. The van der Waals surface area contributed by atoms with Gasteiger partial charge in [-0.25, -0.2) is 9.97 Å². The fraction of sp³-hybridized carbons (Fsp3) is 0.400. The van der Waals surface area contributed by atoms with Crippen molar-refractivity contribution < 1.29 is 9.63 Å². The lowest BCUT2D eigenvalue weighted by molar-refractivity contribution is 0.277. The maximum atomic E-state index is 8.99.